The Bertz CT molecular complexity index is 350. The van der Waals surface area contributed by atoms with Crippen LogP contribution in [0.1, 0.15) is 0 Å². The molecule has 49 valence electrons. The van der Waals surface area contributed by atoms with Gasteiger partial charge in [-0.3, -0.25) is 0 Å². The lowest BCUT2D eigenvalue weighted by Crippen LogP contribution is -1.85. The van der Waals surface area contributed by atoms with Crippen LogP contribution in [0.4, 0.5) is 0 Å². The second kappa shape index (κ2) is 1.80. The Labute approximate surface area is 58.3 Å². The quantitative estimate of drug-likeness (QED) is 0.530. The fraction of sp³-hybridized carbons (Fsp3) is 0.143. The molecule has 2 aromatic rings. The van der Waals surface area contributed by atoms with Crippen molar-refractivity contribution in [1.29, 1.82) is 0 Å². The molecular formula is C7H6N3. The average molecular weight is 132 g/mol. The SMILES string of the molecule is Cn1cnc2[c]ccnc21. The highest BCUT2D eigenvalue weighted by Gasteiger charge is 1.96. The minimum absolute atomic E-state index is 0.824. The molecule has 0 aliphatic rings. The van der Waals surface area contributed by atoms with Crippen LogP contribution in [0.15, 0.2) is 18.6 Å². The van der Waals surface area contributed by atoms with Crippen molar-refractivity contribution < 1.29 is 0 Å². The van der Waals surface area contributed by atoms with E-state index in [4.69, 9.17) is 0 Å². The summed E-state index contributed by atoms with van der Waals surface area (Å²) in [7, 11) is 1.91. The first-order valence-corrected chi connectivity index (χ1v) is 3.01. The molecule has 2 heterocycles. The van der Waals surface area contributed by atoms with Gasteiger partial charge in [-0.1, -0.05) is 0 Å². The summed E-state index contributed by atoms with van der Waals surface area (Å²) in [6, 6.07) is 4.74. The highest BCUT2D eigenvalue weighted by molar-refractivity contribution is 5.68. The van der Waals surface area contributed by atoms with Crippen LogP contribution < -0.4 is 0 Å². The Hall–Kier alpha value is -1.38. The number of fused-ring (bicyclic) bond motifs is 1. The van der Waals surface area contributed by atoms with Crippen LogP contribution in [0.5, 0.6) is 0 Å². The summed E-state index contributed by atoms with van der Waals surface area (Å²) in [4.78, 5) is 8.17. The summed E-state index contributed by atoms with van der Waals surface area (Å²) in [5.41, 5.74) is 1.70. The van der Waals surface area contributed by atoms with E-state index in [0.717, 1.165) is 11.2 Å². The predicted molar refractivity (Wildman–Crippen MR) is 37.3 cm³/mol. The zero-order valence-electron chi connectivity index (χ0n) is 5.57. The minimum Gasteiger partial charge on any atom is -0.318 e. The lowest BCUT2D eigenvalue weighted by Gasteiger charge is -1.88. The number of aromatic nitrogens is 3. The van der Waals surface area contributed by atoms with E-state index in [0.29, 0.717) is 0 Å². The second-order valence-electron chi connectivity index (χ2n) is 2.12. The molecule has 0 spiro atoms. The average Bonchev–Trinajstić information content (AvgIpc) is 2.34. The summed E-state index contributed by atoms with van der Waals surface area (Å²) in [5.74, 6) is 0. The normalized spacial score (nSPS) is 10.5. The molecule has 0 saturated carbocycles. The number of pyridine rings is 1. The maximum absolute atomic E-state index is 4.11. The van der Waals surface area contributed by atoms with Crippen molar-refractivity contribution in [3.05, 3.63) is 24.7 Å². The molecule has 0 atom stereocenters. The van der Waals surface area contributed by atoms with Crippen LogP contribution in [0.2, 0.25) is 0 Å². The molecular weight excluding hydrogens is 126 g/mol. The van der Waals surface area contributed by atoms with E-state index in [2.05, 4.69) is 16.0 Å². The Kier molecular flexibility index (Phi) is 0.974. The van der Waals surface area contributed by atoms with Crippen molar-refractivity contribution in [2.24, 2.45) is 7.05 Å². The Morgan fingerprint density at radius 3 is 3.20 bits per heavy atom. The van der Waals surface area contributed by atoms with E-state index in [-0.39, 0.29) is 0 Å². The summed E-state index contributed by atoms with van der Waals surface area (Å²) >= 11 is 0. The van der Waals surface area contributed by atoms with Gasteiger partial charge in [-0.15, -0.1) is 0 Å². The summed E-state index contributed by atoms with van der Waals surface area (Å²) in [6.45, 7) is 0. The molecule has 0 aliphatic carbocycles. The molecule has 2 aromatic heterocycles. The molecule has 0 saturated heterocycles. The zero-order chi connectivity index (χ0) is 6.97. The van der Waals surface area contributed by atoms with Gasteiger partial charge >= 0.3 is 0 Å². The van der Waals surface area contributed by atoms with Gasteiger partial charge < -0.3 is 4.57 Å². The van der Waals surface area contributed by atoms with Gasteiger partial charge in [-0.2, -0.15) is 0 Å². The molecule has 0 aromatic carbocycles. The fourth-order valence-corrected chi connectivity index (χ4v) is 0.902. The van der Waals surface area contributed by atoms with E-state index < -0.39 is 0 Å². The van der Waals surface area contributed by atoms with Gasteiger partial charge in [-0.05, 0) is 6.07 Å². The number of aryl methyl sites for hydroxylation is 1. The van der Waals surface area contributed by atoms with E-state index in [1.807, 2.05) is 11.6 Å². The van der Waals surface area contributed by atoms with Crippen molar-refractivity contribution in [3.63, 3.8) is 0 Å². The summed E-state index contributed by atoms with van der Waals surface area (Å²) in [6.07, 6.45) is 3.44. The van der Waals surface area contributed by atoms with Crippen molar-refractivity contribution in [2.75, 3.05) is 0 Å². The van der Waals surface area contributed by atoms with Gasteiger partial charge in [0.15, 0.2) is 5.65 Å². The fourth-order valence-electron chi connectivity index (χ4n) is 0.902. The highest BCUT2D eigenvalue weighted by atomic mass is 15.1. The lowest BCUT2D eigenvalue weighted by atomic mass is 10.4. The molecule has 1 radical (unpaired) electrons. The van der Waals surface area contributed by atoms with E-state index in [1.165, 1.54) is 0 Å². The van der Waals surface area contributed by atoms with Crippen molar-refractivity contribution in [2.45, 2.75) is 0 Å². The minimum atomic E-state index is 0.824. The number of hydrogen-bond donors (Lipinski definition) is 0. The number of imidazole rings is 1. The molecule has 0 bridgehead atoms. The zero-order valence-corrected chi connectivity index (χ0v) is 5.57. The maximum atomic E-state index is 4.11. The van der Waals surface area contributed by atoms with Gasteiger partial charge in [0.25, 0.3) is 0 Å². The Morgan fingerprint density at radius 1 is 1.50 bits per heavy atom. The Balaban J connectivity index is 2.93. The standard InChI is InChI=1S/C7H6N3/c1-10-5-9-6-3-2-4-8-7(6)10/h2,4-5H,1H3. The van der Waals surface area contributed by atoms with E-state index in [9.17, 15) is 0 Å². The van der Waals surface area contributed by atoms with Crippen LogP contribution in [-0.4, -0.2) is 14.5 Å². The number of hydrogen-bond acceptors (Lipinski definition) is 2. The Morgan fingerprint density at radius 2 is 2.40 bits per heavy atom. The second-order valence-corrected chi connectivity index (χ2v) is 2.12. The molecule has 2 rings (SSSR count). The molecule has 3 heteroatoms. The van der Waals surface area contributed by atoms with Gasteiger partial charge in [0.05, 0.1) is 6.33 Å². The molecule has 0 unspecified atom stereocenters. The van der Waals surface area contributed by atoms with Gasteiger partial charge in [-0.25, -0.2) is 9.97 Å². The van der Waals surface area contributed by atoms with Crippen LogP contribution in [-0.2, 0) is 7.05 Å². The smallest absolute Gasteiger partial charge is 0.160 e. The number of rotatable bonds is 0. The molecule has 0 amide bonds. The van der Waals surface area contributed by atoms with Crippen molar-refractivity contribution in [3.8, 4) is 0 Å². The summed E-state index contributed by atoms with van der Waals surface area (Å²) < 4.78 is 1.87. The third kappa shape index (κ3) is 0.603. The maximum Gasteiger partial charge on any atom is 0.160 e. The van der Waals surface area contributed by atoms with Gasteiger partial charge in [0.1, 0.15) is 5.52 Å². The number of nitrogens with zero attached hydrogens (tertiary/aromatic N) is 3. The van der Waals surface area contributed by atoms with Gasteiger partial charge in [0.2, 0.25) is 0 Å². The highest BCUT2D eigenvalue weighted by Crippen LogP contribution is 2.04. The third-order valence-corrected chi connectivity index (χ3v) is 1.40. The predicted octanol–water partition coefficient (Wildman–Crippen LogP) is 0.768. The van der Waals surface area contributed by atoms with Crippen molar-refractivity contribution >= 4 is 11.2 Å². The van der Waals surface area contributed by atoms with Gasteiger partial charge in [0, 0.05) is 19.3 Å². The largest absolute Gasteiger partial charge is 0.318 e. The van der Waals surface area contributed by atoms with E-state index >= 15 is 0 Å². The van der Waals surface area contributed by atoms with Crippen molar-refractivity contribution in [1.82, 2.24) is 14.5 Å². The molecule has 0 N–H and O–H groups in total. The van der Waals surface area contributed by atoms with Crippen LogP contribution in [0.25, 0.3) is 11.2 Å². The molecule has 3 nitrogen and oxygen atoms in total. The topological polar surface area (TPSA) is 30.7 Å². The summed E-state index contributed by atoms with van der Waals surface area (Å²) in [5, 5.41) is 0. The molecule has 0 fully saturated rings. The monoisotopic (exact) mass is 132 g/mol. The first-order chi connectivity index (χ1) is 4.88. The van der Waals surface area contributed by atoms with Crippen LogP contribution >= 0.6 is 0 Å². The molecule has 0 aliphatic heterocycles. The van der Waals surface area contributed by atoms with Crippen LogP contribution in [0, 0.1) is 6.07 Å². The first kappa shape index (κ1) is 5.41. The molecule has 10 heavy (non-hydrogen) atoms. The van der Waals surface area contributed by atoms with Crippen LogP contribution in [0.3, 0.4) is 0 Å². The third-order valence-electron chi connectivity index (χ3n) is 1.40. The lowest BCUT2D eigenvalue weighted by molar-refractivity contribution is 0.931. The van der Waals surface area contributed by atoms with E-state index in [1.54, 1.807) is 18.6 Å². The first-order valence-electron chi connectivity index (χ1n) is 3.01.